The van der Waals surface area contributed by atoms with Gasteiger partial charge in [0.1, 0.15) is 5.84 Å². The molecule has 0 unspecified atom stereocenters. The number of aromatic nitrogens is 1. The Kier molecular flexibility index (Phi) is 6.06. The molecule has 0 spiro atoms. The van der Waals surface area contributed by atoms with Crippen molar-refractivity contribution in [1.82, 2.24) is 4.98 Å². The van der Waals surface area contributed by atoms with Crippen LogP contribution in [-0.4, -0.2) is 16.7 Å². The number of carbonyl (C=O) groups excluding carboxylic acids is 1. The zero-order valence-corrected chi connectivity index (χ0v) is 14.5. The molecule has 5 nitrogen and oxygen atoms in total. The Morgan fingerprint density at radius 2 is 1.96 bits per heavy atom. The van der Waals surface area contributed by atoms with Crippen molar-refractivity contribution in [3.05, 3.63) is 63.9 Å². The van der Waals surface area contributed by atoms with Gasteiger partial charge in [-0.25, -0.2) is 0 Å². The predicted molar refractivity (Wildman–Crippen MR) is 97.2 cm³/mol. The molecule has 4 N–H and O–H groups in total. The average molecular weight is 345 g/mol. The summed E-state index contributed by atoms with van der Waals surface area (Å²) in [5.41, 5.74) is 14.1. The normalized spacial score (nSPS) is 11.8. The lowest BCUT2D eigenvalue weighted by atomic mass is 10.0. The molecule has 0 aliphatic heterocycles. The molecule has 1 aromatic heterocycles. The number of hydrogen-bond donors (Lipinski definition) is 2. The summed E-state index contributed by atoms with van der Waals surface area (Å²) in [5.74, 6) is 0.161. The highest BCUT2D eigenvalue weighted by Gasteiger charge is 2.10. The van der Waals surface area contributed by atoms with Crippen molar-refractivity contribution in [3.8, 4) is 0 Å². The smallest absolute Gasteiger partial charge is 0.278 e. The maximum absolute atomic E-state index is 12.3. The van der Waals surface area contributed by atoms with E-state index in [0.717, 1.165) is 17.7 Å². The van der Waals surface area contributed by atoms with Gasteiger partial charge >= 0.3 is 0 Å². The van der Waals surface area contributed by atoms with Crippen molar-refractivity contribution in [2.24, 2.45) is 22.4 Å². The fourth-order valence-electron chi connectivity index (χ4n) is 2.22. The monoisotopic (exact) mass is 344 g/mol. The van der Waals surface area contributed by atoms with E-state index in [-0.39, 0.29) is 5.84 Å². The number of amidine groups is 1. The number of hydrogen-bond acceptors (Lipinski definition) is 3. The van der Waals surface area contributed by atoms with Gasteiger partial charge in [-0.1, -0.05) is 31.5 Å². The summed E-state index contributed by atoms with van der Waals surface area (Å²) < 4.78 is 0. The van der Waals surface area contributed by atoms with Gasteiger partial charge < -0.3 is 11.5 Å². The van der Waals surface area contributed by atoms with Crippen molar-refractivity contribution >= 4 is 23.3 Å². The minimum Gasteiger partial charge on any atom is -0.383 e. The Morgan fingerprint density at radius 1 is 1.25 bits per heavy atom. The Balaban J connectivity index is 2.19. The van der Waals surface area contributed by atoms with E-state index in [1.807, 2.05) is 6.07 Å². The number of aliphatic imine (C=N–C) groups is 1. The van der Waals surface area contributed by atoms with Crippen molar-refractivity contribution in [1.29, 1.82) is 0 Å². The first-order valence-corrected chi connectivity index (χ1v) is 8.10. The van der Waals surface area contributed by atoms with Crippen LogP contribution < -0.4 is 11.5 Å². The SMILES string of the molecule is CC(C)Cc1ccc(C(=O)N=C(N)c2ccc(CN)nc2)cc1Cl. The van der Waals surface area contributed by atoms with Gasteiger partial charge in [-0.05, 0) is 42.2 Å². The van der Waals surface area contributed by atoms with Gasteiger partial charge in [0.05, 0.1) is 5.69 Å². The van der Waals surface area contributed by atoms with Gasteiger partial charge in [-0.2, -0.15) is 4.99 Å². The summed E-state index contributed by atoms with van der Waals surface area (Å²) in [5, 5.41) is 0.567. The van der Waals surface area contributed by atoms with Gasteiger partial charge in [-0.3, -0.25) is 9.78 Å². The standard InChI is InChI=1S/C18H21ClN4O/c1-11(2)7-12-3-4-13(8-16(12)19)18(24)23-17(21)14-5-6-15(9-20)22-10-14/h3-6,8,10-11H,7,9,20H2,1-2H3,(H2,21,23,24). The first kappa shape index (κ1) is 18.1. The lowest BCUT2D eigenvalue weighted by Gasteiger charge is -2.08. The Morgan fingerprint density at radius 3 is 2.50 bits per heavy atom. The molecule has 1 heterocycles. The van der Waals surface area contributed by atoms with Crippen LogP contribution in [0.2, 0.25) is 5.02 Å². The summed E-state index contributed by atoms with van der Waals surface area (Å²) in [6.45, 7) is 4.58. The second-order valence-electron chi connectivity index (χ2n) is 5.95. The molecule has 126 valence electrons. The third kappa shape index (κ3) is 4.63. The maximum atomic E-state index is 12.3. The van der Waals surface area contributed by atoms with E-state index in [1.54, 1.807) is 30.5 Å². The molecule has 0 radical (unpaired) electrons. The number of nitrogens with two attached hydrogens (primary N) is 2. The molecule has 0 saturated heterocycles. The van der Waals surface area contributed by atoms with Gasteiger partial charge in [0.25, 0.3) is 5.91 Å². The number of carbonyl (C=O) groups is 1. The van der Waals surface area contributed by atoms with E-state index in [9.17, 15) is 4.79 Å². The number of amides is 1. The zero-order chi connectivity index (χ0) is 17.7. The van der Waals surface area contributed by atoms with Crippen molar-refractivity contribution < 1.29 is 4.79 Å². The second-order valence-corrected chi connectivity index (χ2v) is 6.36. The number of halogens is 1. The topological polar surface area (TPSA) is 94.4 Å². The quantitative estimate of drug-likeness (QED) is 0.644. The van der Waals surface area contributed by atoms with Gasteiger partial charge in [0.2, 0.25) is 0 Å². The Labute approximate surface area is 146 Å². The first-order chi connectivity index (χ1) is 11.4. The largest absolute Gasteiger partial charge is 0.383 e. The van der Waals surface area contributed by atoms with Gasteiger partial charge in [0, 0.05) is 28.9 Å². The number of pyridine rings is 1. The summed E-state index contributed by atoms with van der Waals surface area (Å²) >= 11 is 6.25. The maximum Gasteiger partial charge on any atom is 0.278 e. The van der Waals surface area contributed by atoms with Crippen molar-refractivity contribution in [2.75, 3.05) is 0 Å². The molecule has 0 saturated carbocycles. The number of benzene rings is 1. The molecule has 0 aliphatic carbocycles. The third-order valence-electron chi connectivity index (χ3n) is 3.48. The van der Waals surface area contributed by atoms with Crippen LogP contribution in [-0.2, 0) is 13.0 Å². The molecular weight excluding hydrogens is 324 g/mol. The van der Waals surface area contributed by atoms with Crippen LogP contribution in [0, 0.1) is 5.92 Å². The van der Waals surface area contributed by atoms with Crippen LogP contribution in [0.4, 0.5) is 0 Å². The van der Waals surface area contributed by atoms with Crippen molar-refractivity contribution in [2.45, 2.75) is 26.8 Å². The highest BCUT2D eigenvalue weighted by molar-refractivity contribution is 6.31. The zero-order valence-electron chi connectivity index (χ0n) is 13.8. The third-order valence-corrected chi connectivity index (χ3v) is 3.83. The van der Waals surface area contributed by atoms with Crippen LogP contribution in [0.3, 0.4) is 0 Å². The van der Waals surface area contributed by atoms with E-state index in [2.05, 4.69) is 23.8 Å². The van der Waals surface area contributed by atoms with Gasteiger partial charge in [0.15, 0.2) is 0 Å². The molecular formula is C18H21ClN4O. The fourth-order valence-corrected chi connectivity index (χ4v) is 2.48. The molecule has 6 heteroatoms. The molecule has 24 heavy (non-hydrogen) atoms. The van der Waals surface area contributed by atoms with Crippen LogP contribution in [0.5, 0.6) is 0 Å². The fraction of sp³-hybridized carbons (Fsp3) is 0.278. The molecule has 2 aromatic rings. The molecule has 0 fully saturated rings. The molecule has 0 atom stereocenters. The molecule has 1 amide bonds. The lowest BCUT2D eigenvalue weighted by Crippen LogP contribution is -2.16. The summed E-state index contributed by atoms with van der Waals surface area (Å²) in [4.78, 5) is 20.3. The Hall–Kier alpha value is -2.24. The van der Waals surface area contributed by atoms with Crippen LogP contribution >= 0.6 is 11.6 Å². The minimum atomic E-state index is -0.437. The molecule has 0 bridgehead atoms. The second kappa shape index (κ2) is 8.04. The number of rotatable bonds is 5. The van der Waals surface area contributed by atoms with E-state index in [1.165, 1.54) is 0 Å². The van der Waals surface area contributed by atoms with Gasteiger partial charge in [-0.15, -0.1) is 0 Å². The van der Waals surface area contributed by atoms with Crippen LogP contribution in [0.25, 0.3) is 0 Å². The van der Waals surface area contributed by atoms with E-state index < -0.39 is 5.91 Å². The van der Waals surface area contributed by atoms with E-state index in [4.69, 9.17) is 23.1 Å². The molecule has 0 aliphatic rings. The predicted octanol–water partition coefficient (Wildman–Crippen LogP) is 2.94. The highest BCUT2D eigenvalue weighted by atomic mass is 35.5. The Bertz CT molecular complexity index is 754. The summed E-state index contributed by atoms with van der Waals surface area (Å²) in [6, 6.07) is 8.70. The van der Waals surface area contributed by atoms with E-state index in [0.29, 0.717) is 28.6 Å². The first-order valence-electron chi connectivity index (χ1n) is 7.73. The molecule has 1 aromatic carbocycles. The van der Waals surface area contributed by atoms with Crippen LogP contribution in [0.15, 0.2) is 41.5 Å². The average Bonchev–Trinajstić information content (AvgIpc) is 2.56. The van der Waals surface area contributed by atoms with Crippen molar-refractivity contribution in [3.63, 3.8) is 0 Å². The highest BCUT2D eigenvalue weighted by Crippen LogP contribution is 2.21. The lowest BCUT2D eigenvalue weighted by molar-refractivity contribution is 0.100. The van der Waals surface area contributed by atoms with Crippen LogP contribution in [0.1, 0.15) is 41.0 Å². The molecule has 2 rings (SSSR count). The number of nitrogens with zero attached hydrogens (tertiary/aromatic N) is 2. The summed E-state index contributed by atoms with van der Waals surface area (Å²) in [6.07, 6.45) is 2.41. The summed E-state index contributed by atoms with van der Waals surface area (Å²) in [7, 11) is 0. The van der Waals surface area contributed by atoms with E-state index >= 15 is 0 Å². The minimum absolute atomic E-state index is 0.110.